The van der Waals surface area contributed by atoms with Gasteiger partial charge in [-0.2, -0.15) is 0 Å². The number of benzene rings is 1. The summed E-state index contributed by atoms with van der Waals surface area (Å²) < 4.78 is 5.50. The number of nitrogens with zero attached hydrogens (tertiary/aromatic N) is 1. The first-order valence-corrected chi connectivity index (χ1v) is 7.40. The number of piperidine rings is 1. The van der Waals surface area contributed by atoms with Gasteiger partial charge in [-0.05, 0) is 31.5 Å². The molecule has 1 atom stereocenters. The van der Waals surface area contributed by atoms with E-state index in [1.165, 1.54) is 17.7 Å². The van der Waals surface area contributed by atoms with Gasteiger partial charge in [0.05, 0.1) is 6.10 Å². The third-order valence-electron chi connectivity index (χ3n) is 3.70. The average molecular weight is 283 g/mol. The van der Waals surface area contributed by atoms with Gasteiger partial charge in [0.1, 0.15) is 0 Å². The first kappa shape index (κ1) is 14.6. The number of rotatable bonds is 5. The van der Waals surface area contributed by atoms with Crippen molar-refractivity contribution in [3.63, 3.8) is 0 Å². The minimum atomic E-state index is 0.333. The summed E-state index contributed by atoms with van der Waals surface area (Å²) in [5, 5.41) is 4.21. The molecule has 1 aromatic carbocycles. The van der Waals surface area contributed by atoms with Crippen LogP contribution in [-0.4, -0.2) is 32.8 Å². The summed E-state index contributed by atoms with van der Waals surface area (Å²) in [7, 11) is 1.80. The monoisotopic (exact) mass is 282 g/mol. The maximum absolute atomic E-state index is 6.36. The molecule has 1 aliphatic heterocycles. The second-order valence-electron chi connectivity index (χ2n) is 4.96. The van der Waals surface area contributed by atoms with Crippen molar-refractivity contribution >= 4 is 17.3 Å². The van der Waals surface area contributed by atoms with Gasteiger partial charge in [-0.1, -0.05) is 24.6 Å². The van der Waals surface area contributed by atoms with Crippen LogP contribution in [0.25, 0.3) is 0 Å². The number of anilines is 1. The third-order valence-corrected chi connectivity index (χ3v) is 4.05. The van der Waals surface area contributed by atoms with E-state index in [4.69, 9.17) is 16.3 Å². The van der Waals surface area contributed by atoms with Crippen LogP contribution in [-0.2, 0) is 11.3 Å². The van der Waals surface area contributed by atoms with Gasteiger partial charge >= 0.3 is 0 Å². The molecule has 0 spiro atoms. The molecule has 4 heteroatoms. The Morgan fingerprint density at radius 1 is 1.47 bits per heavy atom. The summed E-state index contributed by atoms with van der Waals surface area (Å²) in [5.41, 5.74) is 2.44. The van der Waals surface area contributed by atoms with Crippen LogP contribution in [0.1, 0.15) is 25.3 Å². The van der Waals surface area contributed by atoms with Crippen LogP contribution in [0.15, 0.2) is 18.2 Å². The lowest BCUT2D eigenvalue weighted by Gasteiger charge is -2.35. The van der Waals surface area contributed by atoms with Crippen molar-refractivity contribution in [2.24, 2.45) is 0 Å². The van der Waals surface area contributed by atoms with Crippen LogP contribution >= 0.6 is 11.6 Å². The standard InChI is InChI=1S/C15H23ClN2O/c1-3-17-10-13-14(16)7-4-8-15(13)18-9-5-6-12(11-18)19-2/h4,7-8,12,17H,3,5-6,9-11H2,1-2H3. The molecule has 106 valence electrons. The summed E-state index contributed by atoms with van der Waals surface area (Å²) in [6.45, 7) is 5.92. The third kappa shape index (κ3) is 3.62. The zero-order chi connectivity index (χ0) is 13.7. The Balaban J connectivity index is 2.20. The number of methoxy groups -OCH3 is 1. The Bertz CT molecular complexity index is 411. The van der Waals surface area contributed by atoms with Crippen LogP contribution in [0.4, 0.5) is 5.69 Å². The molecular weight excluding hydrogens is 260 g/mol. The van der Waals surface area contributed by atoms with Crippen molar-refractivity contribution in [1.29, 1.82) is 0 Å². The number of halogens is 1. The van der Waals surface area contributed by atoms with E-state index in [-0.39, 0.29) is 0 Å². The minimum absolute atomic E-state index is 0.333. The molecule has 3 nitrogen and oxygen atoms in total. The second kappa shape index (κ2) is 7.13. The molecular formula is C15H23ClN2O. The molecule has 0 bridgehead atoms. The number of ether oxygens (including phenoxy) is 1. The van der Waals surface area contributed by atoms with Crippen molar-refractivity contribution in [1.82, 2.24) is 5.32 Å². The predicted octanol–water partition coefficient (Wildman–Crippen LogP) is 3.06. The fourth-order valence-corrected chi connectivity index (χ4v) is 2.85. The lowest BCUT2D eigenvalue weighted by atomic mass is 10.0. The van der Waals surface area contributed by atoms with Crippen molar-refractivity contribution < 1.29 is 4.74 Å². The molecule has 0 radical (unpaired) electrons. The van der Waals surface area contributed by atoms with Crippen LogP contribution in [0.5, 0.6) is 0 Å². The molecule has 1 aliphatic rings. The lowest BCUT2D eigenvalue weighted by molar-refractivity contribution is 0.0893. The molecule has 1 saturated heterocycles. The Morgan fingerprint density at radius 2 is 2.32 bits per heavy atom. The number of nitrogens with one attached hydrogen (secondary N) is 1. The van der Waals surface area contributed by atoms with E-state index in [2.05, 4.69) is 23.2 Å². The Hall–Kier alpha value is -0.770. The van der Waals surface area contributed by atoms with E-state index >= 15 is 0 Å². The Kier molecular flexibility index (Phi) is 5.49. The van der Waals surface area contributed by atoms with Gasteiger partial charge in [-0.3, -0.25) is 0 Å². The quantitative estimate of drug-likeness (QED) is 0.898. The first-order valence-electron chi connectivity index (χ1n) is 7.02. The SMILES string of the molecule is CCNCc1c(Cl)cccc1N1CCCC(OC)C1. The molecule has 1 fully saturated rings. The van der Waals surface area contributed by atoms with Gasteiger partial charge in [0.2, 0.25) is 0 Å². The summed E-state index contributed by atoms with van der Waals surface area (Å²) in [4.78, 5) is 2.40. The van der Waals surface area contributed by atoms with Gasteiger partial charge < -0.3 is 15.0 Å². The summed E-state index contributed by atoms with van der Waals surface area (Å²) in [6, 6.07) is 6.16. The normalized spacial score (nSPS) is 19.7. The molecule has 1 heterocycles. The van der Waals surface area contributed by atoms with Gasteiger partial charge in [-0.15, -0.1) is 0 Å². The van der Waals surface area contributed by atoms with Gasteiger partial charge in [0, 0.05) is 43.0 Å². The maximum atomic E-state index is 6.36. The highest BCUT2D eigenvalue weighted by molar-refractivity contribution is 6.31. The summed E-state index contributed by atoms with van der Waals surface area (Å²) >= 11 is 6.36. The van der Waals surface area contributed by atoms with Gasteiger partial charge in [0.15, 0.2) is 0 Å². The highest BCUT2D eigenvalue weighted by atomic mass is 35.5. The zero-order valence-electron chi connectivity index (χ0n) is 11.8. The highest BCUT2D eigenvalue weighted by Gasteiger charge is 2.22. The minimum Gasteiger partial charge on any atom is -0.380 e. The van der Waals surface area contributed by atoms with E-state index in [1.807, 2.05) is 12.1 Å². The van der Waals surface area contributed by atoms with Crippen LogP contribution in [0, 0.1) is 0 Å². The molecule has 0 aromatic heterocycles. The predicted molar refractivity (Wildman–Crippen MR) is 81.1 cm³/mol. The Morgan fingerprint density at radius 3 is 3.05 bits per heavy atom. The molecule has 19 heavy (non-hydrogen) atoms. The van der Waals surface area contributed by atoms with E-state index in [0.717, 1.165) is 37.6 Å². The van der Waals surface area contributed by atoms with Crippen LogP contribution in [0.3, 0.4) is 0 Å². The van der Waals surface area contributed by atoms with E-state index in [1.54, 1.807) is 7.11 Å². The topological polar surface area (TPSA) is 24.5 Å². The Labute approximate surface area is 120 Å². The molecule has 0 amide bonds. The van der Waals surface area contributed by atoms with Gasteiger partial charge in [-0.25, -0.2) is 0 Å². The number of hydrogen-bond acceptors (Lipinski definition) is 3. The van der Waals surface area contributed by atoms with Crippen molar-refractivity contribution in [2.45, 2.75) is 32.4 Å². The maximum Gasteiger partial charge on any atom is 0.0746 e. The van der Waals surface area contributed by atoms with Crippen molar-refractivity contribution in [2.75, 3.05) is 31.6 Å². The molecule has 0 saturated carbocycles. The van der Waals surface area contributed by atoms with Crippen LogP contribution in [0.2, 0.25) is 5.02 Å². The number of hydrogen-bond donors (Lipinski definition) is 1. The molecule has 2 rings (SSSR count). The first-order chi connectivity index (χ1) is 9.26. The molecule has 1 N–H and O–H groups in total. The molecule has 0 aliphatic carbocycles. The fourth-order valence-electron chi connectivity index (χ4n) is 2.62. The summed E-state index contributed by atoms with van der Waals surface area (Å²) in [5.74, 6) is 0. The van der Waals surface area contributed by atoms with E-state index < -0.39 is 0 Å². The van der Waals surface area contributed by atoms with Crippen molar-refractivity contribution in [3.05, 3.63) is 28.8 Å². The smallest absolute Gasteiger partial charge is 0.0746 e. The highest BCUT2D eigenvalue weighted by Crippen LogP contribution is 2.30. The van der Waals surface area contributed by atoms with Gasteiger partial charge in [0.25, 0.3) is 0 Å². The average Bonchev–Trinajstić information content (AvgIpc) is 2.46. The largest absolute Gasteiger partial charge is 0.380 e. The zero-order valence-corrected chi connectivity index (χ0v) is 12.5. The molecule has 1 aromatic rings. The van der Waals surface area contributed by atoms with E-state index in [9.17, 15) is 0 Å². The lowest BCUT2D eigenvalue weighted by Crippen LogP contribution is -2.40. The van der Waals surface area contributed by atoms with Crippen LogP contribution < -0.4 is 10.2 Å². The fraction of sp³-hybridized carbons (Fsp3) is 0.600. The summed E-state index contributed by atoms with van der Waals surface area (Å²) in [6.07, 6.45) is 2.65. The van der Waals surface area contributed by atoms with Crippen molar-refractivity contribution in [3.8, 4) is 0 Å². The van der Waals surface area contributed by atoms with E-state index in [0.29, 0.717) is 6.10 Å². The second-order valence-corrected chi connectivity index (χ2v) is 5.37. The molecule has 1 unspecified atom stereocenters.